The molecule has 316 valence electrons. The highest BCUT2D eigenvalue weighted by molar-refractivity contribution is 6.40. The zero-order chi connectivity index (χ0) is 42.7. The Hall–Kier alpha value is -1.90. The van der Waals surface area contributed by atoms with Gasteiger partial charge in [-0.15, -0.1) is 5.47 Å². The highest BCUT2D eigenvalue weighted by Gasteiger charge is 2.19. The van der Waals surface area contributed by atoms with Gasteiger partial charge < -0.3 is 0 Å². The molecule has 2 nitrogen and oxygen atoms in total. The van der Waals surface area contributed by atoms with Crippen molar-refractivity contribution in [2.75, 3.05) is 0 Å². The third-order valence-corrected chi connectivity index (χ3v) is 8.76. The minimum atomic E-state index is 0.0532. The lowest BCUT2D eigenvalue weighted by Gasteiger charge is -2.17. The van der Waals surface area contributed by atoms with E-state index < -0.39 is 0 Å². The highest BCUT2D eigenvalue weighted by atomic mass is 16.1. The summed E-state index contributed by atoms with van der Waals surface area (Å²) in [5.74, 6) is 2.05. The molecule has 1 atom stereocenters. The maximum absolute atomic E-state index is 12.9. The van der Waals surface area contributed by atoms with Crippen molar-refractivity contribution in [3.8, 4) is 0 Å². The average molecular weight is 752 g/mol. The lowest BCUT2D eigenvalue weighted by molar-refractivity contribution is -0.116. The van der Waals surface area contributed by atoms with Crippen molar-refractivity contribution in [1.29, 1.82) is 0 Å². The van der Waals surface area contributed by atoms with Crippen LogP contribution in [0, 0.1) is 17.8 Å². The van der Waals surface area contributed by atoms with E-state index in [1.54, 1.807) is 0 Å². The molecule has 0 fully saturated rings. The van der Waals surface area contributed by atoms with Crippen molar-refractivity contribution in [2.45, 2.75) is 240 Å². The normalized spacial score (nSPS) is 14.5. The van der Waals surface area contributed by atoms with Gasteiger partial charge in [0.25, 0.3) is 0 Å². The second-order valence-corrected chi connectivity index (χ2v) is 15.5. The number of hydrogen-bond acceptors (Lipinski definition) is 2. The number of ketones is 1. The molecule has 0 aliphatic heterocycles. The van der Waals surface area contributed by atoms with Crippen LogP contribution in [0.1, 0.15) is 240 Å². The number of rotatable bonds is 15. The van der Waals surface area contributed by atoms with E-state index in [2.05, 4.69) is 122 Å². The van der Waals surface area contributed by atoms with E-state index in [1.165, 1.54) is 74.5 Å². The molecule has 0 saturated carbocycles. The van der Waals surface area contributed by atoms with Gasteiger partial charge in [0.05, 0.1) is 11.4 Å². The van der Waals surface area contributed by atoms with Gasteiger partial charge in [-0.05, 0) is 107 Å². The smallest absolute Gasteiger partial charge is 0.179 e. The van der Waals surface area contributed by atoms with Crippen LogP contribution in [-0.2, 0) is 4.79 Å². The molecule has 3 heteroatoms. The summed E-state index contributed by atoms with van der Waals surface area (Å²) >= 11 is 0. The molecule has 2 aliphatic rings. The van der Waals surface area contributed by atoms with Gasteiger partial charge in [0.1, 0.15) is 7.85 Å². The number of nitrogens with zero attached hydrogens (tertiary/aromatic N) is 1. The Morgan fingerprint density at radius 3 is 1.65 bits per heavy atom. The number of Topliss-reactive ketones (excluding diaryl/α,β-unsaturated/α-hetero) is 1. The molecule has 0 aromatic rings. The Bertz CT molecular complexity index is 998. The number of carbonyl (C=O) groups is 1. The SMILES string of the molecule is CC.CC(C)C.CCC.CCC(C)CC.CCC/C=C(C)/C(=C\C1=C(C)CCCC1)N=C(CCCC)C(=O)C(C)CC.CCCCC.[B]C1=CC=CCC1. The van der Waals surface area contributed by atoms with Crippen LogP contribution < -0.4 is 0 Å². The Labute approximate surface area is 344 Å². The van der Waals surface area contributed by atoms with Gasteiger partial charge in [0.15, 0.2) is 5.78 Å². The molecule has 0 aromatic carbocycles. The van der Waals surface area contributed by atoms with Crippen LogP contribution in [0.5, 0.6) is 0 Å². The van der Waals surface area contributed by atoms with Crippen LogP contribution >= 0.6 is 0 Å². The fourth-order valence-corrected chi connectivity index (χ4v) is 4.60. The molecule has 1 unspecified atom stereocenters. The van der Waals surface area contributed by atoms with E-state index in [1.807, 2.05) is 32.9 Å². The standard InChI is InChI=1S/C25H41NO.C6H7B.C6H14.C5H12.C4H10.C3H8.C2H6/c1-7-10-14-21(6)24(18-22-16-13-12-15-20(22)5)26-23(17-11-8-2)25(27)19(4)9-3;7-6-4-2-1-3-5-6;1-4-6(3)5-2;1-3-5-4-2;1-4(2)3;1-3-2;1-2/h14,18-19H,7-13,15-17H2,1-6H3;1-2,4H,3,5H2;6H,4-5H2,1-3H3;3-5H2,1-2H3;4H,1-3H3;3H2,1-2H3;1-2H3/b21-14+,24-18+,26-23?;;;;;;. The average Bonchev–Trinajstić information content (AvgIpc) is 3.17. The van der Waals surface area contributed by atoms with Crippen LogP contribution in [0.4, 0.5) is 0 Å². The second kappa shape index (κ2) is 47.3. The first-order chi connectivity index (χ1) is 25.7. The summed E-state index contributed by atoms with van der Waals surface area (Å²) in [5, 5.41) is 0. The van der Waals surface area contributed by atoms with Gasteiger partial charge in [-0.25, -0.2) is 4.99 Å². The van der Waals surface area contributed by atoms with E-state index in [9.17, 15) is 4.79 Å². The summed E-state index contributed by atoms with van der Waals surface area (Å²) < 4.78 is 0. The van der Waals surface area contributed by atoms with Crippen molar-refractivity contribution >= 4 is 19.3 Å². The Morgan fingerprint density at radius 1 is 0.796 bits per heavy atom. The molecular formula is C51H98BNO. The predicted molar refractivity (Wildman–Crippen MR) is 254 cm³/mol. The molecule has 2 aliphatic carbocycles. The first-order valence-electron chi connectivity index (χ1n) is 23.0. The number of allylic oxidation sites excluding steroid dienone is 9. The fourth-order valence-electron chi connectivity index (χ4n) is 4.60. The van der Waals surface area contributed by atoms with Crippen molar-refractivity contribution in [3.63, 3.8) is 0 Å². The van der Waals surface area contributed by atoms with Gasteiger partial charge in [-0.3, -0.25) is 4.79 Å². The van der Waals surface area contributed by atoms with Gasteiger partial charge in [-0.1, -0.05) is 192 Å². The van der Waals surface area contributed by atoms with E-state index in [0.717, 1.165) is 86.5 Å². The van der Waals surface area contributed by atoms with Crippen molar-refractivity contribution < 1.29 is 4.79 Å². The van der Waals surface area contributed by atoms with Crippen LogP contribution in [0.15, 0.2) is 63.3 Å². The largest absolute Gasteiger partial charge is 0.293 e. The monoisotopic (exact) mass is 752 g/mol. The number of aliphatic imine (C=N–C) groups is 1. The molecule has 0 bridgehead atoms. The molecule has 0 heterocycles. The Balaban J connectivity index is -0.000000237. The van der Waals surface area contributed by atoms with Gasteiger partial charge in [-0.2, -0.15) is 0 Å². The highest BCUT2D eigenvalue weighted by Crippen LogP contribution is 2.28. The molecule has 0 saturated heterocycles. The molecule has 2 radical (unpaired) electrons. The number of carbonyl (C=O) groups excluding carboxylic acids is 1. The lowest BCUT2D eigenvalue weighted by Crippen LogP contribution is -2.21. The Morgan fingerprint density at radius 2 is 1.31 bits per heavy atom. The van der Waals surface area contributed by atoms with Crippen molar-refractivity contribution in [2.24, 2.45) is 22.7 Å². The van der Waals surface area contributed by atoms with E-state index in [0.29, 0.717) is 0 Å². The van der Waals surface area contributed by atoms with Gasteiger partial charge >= 0.3 is 0 Å². The second-order valence-electron chi connectivity index (χ2n) is 15.5. The molecule has 2 rings (SSSR count). The third-order valence-electron chi connectivity index (χ3n) is 8.76. The Kier molecular flexibility index (Phi) is 53.7. The zero-order valence-electron chi connectivity index (χ0n) is 40.3. The van der Waals surface area contributed by atoms with Crippen LogP contribution in [0.2, 0.25) is 0 Å². The lowest BCUT2D eigenvalue weighted by atomic mass is 9.88. The fraction of sp³-hybridized carbons (Fsp3) is 0.765. The van der Waals surface area contributed by atoms with Crippen molar-refractivity contribution in [1.82, 2.24) is 0 Å². The summed E-state index contributed by atoms with van der Waals surface area (Å²) in [5.41, 5.74) is 6.89. The van der Waals surface area contributed by atoms with Gasteiger partial charge in [0, 0.05) is 5.92 Å². The predicted octanol–water partition coefficient (Wildman–Crippen LogP) is 17.9. The summed E-state index contributed by atoms with van der Waals surface area (Å²) in [4.78, 5) is 17.9. The third kappa shape index (κ3) is 42.8. The zero-order valence-corrected chi connectivity index (χ0v) is 40.3. The topological polar surface area (TPSA) is 29.4 Å². The van der Waals surface area contributed by atoms with Gasteiger partial charge in [0.2, 0.25) is 0 Å². The summed E-state index contributed by atoms with van der Waals surface area (Å²) in [6.45, 7) is 38.8. The van der Waals surface area contributed by atoms with E-state index in [-0.39, 0.29) is 11.7 Å². The maximum Gasteiger partial charge on any atom is 0.179 e. The number of hydrogen-bond donors (Lipinski definition) is 0. The van der Waals surface area contributed by atoms with E-state index >= 15 is 0 Å². The minimum absolute atomic E-state index is 0.0532. The molecular weight excluding hydrogens is 653 g/mol. The van der Waals surface area contributed by atoms with E-state index in [4.69, 9.17) is 12.8 Å². The molecule has 0 aromatic heterocycles. The quantitative estimate of drug-likeness (QED) is 0.0931. The first-order valence-corrected chi connectivity index (χ1v) is 23.0. The number of unbranched alkanes of at least 4 members (excludes halogenated alkanes) is 4. The molecule has 54 heavy (non-hydrogen) atoms. The maximum atomic E-state index is 12.9. The van der Waals surface area contributed by atoms with Crippen LogP contribution in [-0.4, -0.2) is 19.3 Å². The summed E-state index contributed by atoms with van der Waals surface area (Å²) in [6, 6.07) is 0. The first kappa shape index (κ1) is 61.3. The summed E-state index contributed by atoms with van der Waals surface area (Å²) in [7, 11) is 5.44. The molecule has 0 amide bonds. The van der Waals surface area contributed by atoms with Crippen molar-refractivity contribution in [3.05, 3.63) is 58.3 Å². The van der Waals surface area contributed by atoms with Crippen LogP contribution in [0.3, 0.4) is 0 Å². The molecule has 0 N–H and O–H groups in total. The summed E-state index contributed by atoms with van der Waals surface area (Å²) in [6.07, 6.45) is 31.6. The molecule has 0 spiro atoms. The minimum Gasteiger partial charge on any atom is -0.293 e. The van der Waals surface area contributed by atoms with Crippen LogP contribution in [0.25, 0.3) is 0 Å².